The molecule has 2 atom stereocenters. The number of carbonyl (C=O) groups excluding carboxylic acids is 1. The van der Waals surface area contributed by atoms with Gasteiger partial charge in [0, 0.05) is 24.7 Å². The first-order chi connectivity index (χ1) is 17.2. The van der Waals surface area contributed by atoms with Gasteiger partial charge in [-0.15, -0.1) is 0 Å². The van der Waals surface area contributed by atoms with Crippen molar-refractivity contribution in [3.8, 4) is 5.75 Å². The zero-order chi connectivity index (χ0) is 26.1. The normalized spacial score (nSPS) is 12.6. The molecule has 0 fully saturated rings. The number of carboxylic acid groups (broad SMARTS) is 1. The number of aliphatic hydroxyl groups excluding tert-OH is 2. The number of nitrogens with one attached hydrogen (secondary N) is 2. The number of hydrogen-bond acceptors (Lipinski definition) is 6. The number of carbonyl (C=O) groups is 2. The Hall–Kier alpha value is -3.72. The summed E-state index contributed by atoms with van der Waals surface area (Å²) in [5, 5.41) is 44.6. The molecule has 8 nitrogen and oxygen atoms in total. The molecule has 0 saturated carbocycles. The summed E-state index contributed by atoms with van der Waals surface area (Å²) in [5.74, 6) is -1.11. The number of aromatic hydroxyl groups is 1. The average Bonchev–Trinajstić information content (AvgIpc) is 2.86. The molecule has 0 aliphatic carbocycles. The molecule has 0 spiro atoms. The number of carboxylic acids is 1. The predicted octanol–water partition coefficient (Wildman–Crippen LogP) is 2.70. The van der Waals surface area contributed by atoms with Gasteiger partial charge >= 0.3 is 5.97 Å². The molecule has 3 aromatic rings. The standard InChI is InChI=1S/C28H32N2O6/c1-18(29-16-26(33)23-9-10-25(32)24(14-23)17-31)11-20-3-2-4-21(12-20)13-27(34)30-15-19-5-7-22(8-6-19)28(35)36/h2-10,12,14,18,26,29,31-33H,11,13,15-17H2,1H3,(H,30,34)(H,35,36)/t18?,26-/m0/s1. The minimum atomic E-state index is -0.986. The summed E-state index contributed by atoms with van der Waals surface area (Å²) in [6.07, 6.45) is 0.152. The van der Waals surface area contributed by atoms with E-state index >= 15 is 0 Å². The molecule has 190 valence electrons. The maximum absolute atomic E-state index is 12.4. The van der Waals surface area contributed by atoms with Crippen molar-refractivity contribution >= 4 is 11.9 Å². The second-order valence-corrected chi connectivity index (χ2v) is 8.85. The third-order valence-electron chi connectivity index (χ3n) is 5.91. The fourth-order valence-corrected chi connectivity index (χ4v) is 3.88. The van der Waals surface area contributed by atoms with E-state index in [2.05, 4.69) is 10.6 Å². The summed E-state index contributed by atoms with van der Waals surface area (Å²) in [6, 6.07) is 18.9. The highest BCUT2D eigenvalue weighted by atomic mass is 16.4. The van der Waals surface area contributed by atoms with Gasteiger partial charge < -0.3 is 31.1 Å². The molecule has 0 aliphatic rings. The van der Waals surface area contributed by atoms with Crippen molar-refractivity contribution in [2.24, 2.45) is 0 Å². The number of amides is 1. The van der Waals surface area contributed by atoms with Crippen LogP contribution in [0.3, 0.4) is 0 Å². The van der Waals surface area contributed by atoms with Gasteiger partial charge in [-0.3, -0.25) is 4.79 Å². The number of benzene rings is 3. The second-order valence-electron chi connectivity index (χ2n) is 8.85. The fraction of sp³-hybridized carbons (Fsp3) is 0.286. The molecule has 0 heterocycles. The lowest BCUT2D eigenvalue weighted by Gasteiger charge is -2.18. The lowest BCUT2D eigenvalue weighted by atomic mass is 10.0. The van der Waals surface area contributed by atoms with E-state index in [0.29, 0.717) is 30.6 Å². The summed E-state index contributed by atoms with van der Waals surface area (Å²) in [4.78, 5) is 23.3. The number of phenols is 1. The van der Waals surface area contributed by atoms with Crippen molar-refractivity contribution in [1.82, 2.24) is 10.6 Å². The van der Waals surface area contributed by atoms with Gasteiger partial charge in [0.1, 0.15) is 5.75 Å². The van der Waals surface area contributed by atoms with E-state index in [0.717, 1.165) is 16.7 Å². The van der Waals surface area contributed by atoms with Crippen molar-refractivity contribution in [2.45, 2.75) is 45.1 Å². The van der Waals surface area contributed by atoms with E-state index in [1.165, 1.54) is 18.2 Å². The predicted molar refractivity (Wildman–Crippen MR) is 136 cm³/mol. The van der Waals surface area contributed by atoms with Crippen LogP contribution in [0.4, 0.5) is 0 Å². The first-order valence-corrected chi connectivity index (χ1v) is 11.8. The van der Waals surface area contributed by atoms with Gasteiger partial charge in [0.2, 0.25) is 5.91 Å². The van der Waals surface area contributed by atoms with E-state index < -0.39 is 12.1 Å². The molecule has 0 bridgehead atoms. The van der Waals surface area contributed by atoms with Gasteiger partial charge in [0.15, 0.2) is 0 Å². The van der Waals surface area contributed by atoms with Gasteiger partial charge in [-0.2, -0.15) is 0 Å². The van der Waals surface area contributed by atoms with Gasteiger partial charge in [0.25, 0.3) is 0 Å². The molecule has 8 heteroatoms. The average molecular weight is 493 g/mol. The molecular formula is C28H32N2O6. The SMILES string of the molecule is CC(Cc1cccc(CC(=O)NCc2ccc(C(=O)O)cc2)c1)NC[C@H](O)c1ccc(O)c(CO)c1. The van der Waals surface area contributed by atoms with Crippen LogP contribution >= 0.6 is 0 Å². The van der Waals surface area contributed by atoms with Gasteiger partial charge in [-0.1, -0.05) is 42.5 Å². The monoisotopic (exact) mass is 492 g/mol. The van der Waals surface area contributed by atoms with Crippen LogP contribution in [-0.4, -0.2) is 44.9 Å². The molecule has 36 heavy (non-hydrogen) atoms. The number of aromatic carboxylic acids is 1. The Morgan fingerprint density at radius 1 is 0.944 bits per heavy atom. The van der Waals surface area contributed by atoms with Crippen molar-refractivity contribution < 1.29 is 30.0 Å². The van der Waals surface area contributed by atoms with Crippen molar-refractivity contribution in [2.75, 3.05) is 6.54 Å². The third-order valence-corrected chi connectivity index (χ3v) is 5.91. The van der Waals surface area contributed by atoms with Gasteiger partial charge in [-0.05, 0) is 59.9 Å². The highest BCUT2D eigenvalue weighted by molar-refractivity contribution is 5.87. The summed E-state index contributed by atoms with van der Waals surface area (Å²) >= 11 is 0. The van der Waals surface area contributed by atoms with E-state index in [4.69, 9.17) is 5.11 Å². The van der Waals surface area contributed by atoms with E-state index in [1.54, 1.807) is 24.3 Å². The molecule has 6 N–H and O–H groups in total. The van der Waals surface area contributed by atoms with Crippen molar-refractivity contribution in [1.29, 1.82) is 0 Å². The van der Waals surface area contributed by atoms with E-state index in [1.807, 2.05) is 31.2 Å². The van der Waals surface area contributed by atoms with Crippen LogP contribution in [-0.2, 0) is 30.8 Å². The largest absolute Gasteiger partial charge is 0.508 e. The summed E-state index contributed by atoms with van der Waals surface area (Å²) < 4.78 is 0. The van der Waals surface area contributed by atoms with Crippen LogP contribution in [0.1, 0.15) is 51.2 Å². The molecule has 0 aromatic heterocycles. The molecule has 0 aliphatic heterocycles. The topological polar surface area (TPSA) is 139 Å². The van der Waals surface area contributed by atoms with Crippen molar-refractivity contribution in [3.05, 3.63) is 100 Å². The van der Waals surface area contributed by atoms with Gasteiger partial charge in [0.05, 0.1) is 24.7 Å². The van der Waals surface area contributed by atoms with Crippen LogP contribution < -0.4 is 10.6 Å². The zero-order valence-corrected chi connectivity index (χ0v) is 20.1. The highest BCUT2D eigenvalue weighted by Crippen LogP contribution is 2.22. The summed E-state index contributed by atoms with van der Waals surface area (Å²) in [5.41, 5.74) is 3.96. The first kappa shape index (κ1) is 26.9. The quantitative estimate of drug-likeness (QED) is 0.229. The molecule has 0 saturated heterocycles. The Bertz CT molecular complexity index is 1180. The molecule has 0 radical (unpaired) electrons. The number of rotatable bonds is 12. The highest BCUT2D eigenvalue weighted by Gasteiger charge is 2.13. The van der Waals surface area contributed by atoms with E-state index in [9.17, 15) is 24.9 Å². The Morgan fingerprint density at radius 3 is 2.36 bits per heavy atom. The fourth-order valence-electron chi connectivity index (χ4n) is 3.88. The smallest absolute Gasteiger partial charge is 0.335 e. The molecular weight excluding hydrogens is 460 g/mol. The number of aliphatic hydroxyl groups is 2. The molecule has 3 rings (SSSR count). The van der Waals surface area contributed by atoms with Crippen LogP contribution in [0.25, 0.3) is 0 Å². The lowest BCUT2D eigenvalue weighted by molar-refractivity contribution is -0.120. The maximum atomic E-state index is 12.4. The minimum absolute atomic E-state index is 0.00210. The van der Waals surface area contributed by atoms with Crippen LogP contribution in [0.2, 0.25) is 0 Å². The summed E-state index contributed by atoms with van der Waals surface area (Å²) in [7, 11) is 0. The second kappa shape index (κ2) is 12.8. The van der Waals surface area contributed by atoms with Gasteiger partial charge in [-0.25, -0.2) is 4.79 Å². The summed E-state index contributed by atoms with van der Waals surface area (Å²) in [6.45, 7) is 2.34. The van der Waals surface area contributed by atoms with Crippen LogP contribution in [0.5, 0.6) is 5.75 Å². The zero-order valence-electron chi connectivity index (χ0n) is 20.1. The Morgan fingerprint density at radius 2 is 1.67 bits per heavy atom. The van der Waals surface area contributed by atoms with E-state index in [-0.39, 0.29) is 36.3 Å². The molecule has 1 unspecified atom stereocenters. The third kappa shape index (κ3) is 7.91. The van der Waals surface area contributed by atoms with Crippen LogP contribution in [0.15, 0.2) is 66.7 Å². The van der Waals surface area contributed by atoms with Crippen molar-refractivity contribution in [3.63, 3.8) is 0 Å². The Balaban J connectivity index is 1.47. The Labute approximate surface area is 210 Å². The lowest BCUT2D eigenvalue weighted by Crippen LogP contribution is -2.32. The van der Waals surface area contributed by atoms with Crippen LogP contribution in [0, 0.1) is 0 Å². The Kier molecular flexibility index (Phi) is 9.58. The number of hydrogen-bond donors (Lipinski definition) is 6. The maximum Gasteiger partial charge on any atom is 0.335 e. The minimum Gasteiger partial charge on any atom is -0.508 e. The molecule has 3 aromatic carbocycles. The first-order valence-electron chi connectivity index (χ1n) is 11.8. The molecule has 1 amide bonds.